The Labute approximate surface area is 78.2 Å². The summed E-state index contributed by atoms with van der Waals surface area (Å²) in [5.41, 5.74) is 6.39. The lowest BCUT2D eigenvalue weighted by Crippen LogP contribution is -1.95. The molecule has 1 aromatic rings. The van der Waals surface area contributed by atoms with Gasteiger partial charge in [-0.2, -0.15) is 0 Å². The largest absolute Gasteiger partial charge is 0.495 e. The highest BCUT2D eigenvalue weighted by atomic mass is 16.5. The molecule has 0 saturated carbocycles. The topological polar surface area (TPSA) is 48.1 Å². The van der Waals surface area contributed by atoms with Crippen LogP contribution < -0.4 is 10.5 Å². The molecule has 0 spiro atoms. The summed E-state index contributed by atoms with van der Waals surface area (Å²) in [5.74, 6) is 0.773. The van der Waals surface area contributed by atoms with Crippen molar-refractivity contribution < 1.29 is 4.74 Å². The van der Waals surface area contributed by atoms with Crippen molar-refractivity contribution in [3.8, 4) is 5.75 Å². The van der Waals surface area contributed by atoms with E-state index in [2.05, 4.69) is 4.98 Å². The standard InChI is InChI=1S/C10H14N2O/c1-13-10-6-9(7-12-8-10)4-2-3-5-11/h2,4,6-8H,3,5,11H2,1H3. The van der Waals surface area contributed by atoms with Crippen LogP contribution in [0.2, 0.25) is 0 Å². The molecule has 70 valence electrons. The van der Waals surface area contributed by atoms with Crippen LogP contribution in [0, 0.1) is 0 Å². The average molecular weight is 178 g/mol. The molecule has 1 aromatic heterocycles. The molecule has 1 rings (SSSR count). The molecule has 13 heavy (non-hydrogen) atoms. The zero-order valence-corrected chi connectivity index (χ0v) is 7.73. The highest BCUT2D eigenvalue weighted by Crippen LogP contribution is 2.11. The van der Waals surface area contributed by atoms with E-state index in [1.54, 1.807) is 19.5 Å². The lowest BCUT2D eigenvalue weighted by atomic mass is 10.2. The zero-order valence-electron chi connectivity index (χ0n) is 7.73. The molecule has 0 aliphatic rings. The van der Waals surface area contributed by atoms with E-state index in [0.717, 1.165) is 17.7 Å². The Kier molecular flexibility index (Phi) is 3.99. The van der Waals surface area contributed by atoms with Crippen molar-refractivity contribution in [3.05, 3.63) is 30.1 Å². The summed E-state index contributed by atoms with van der Waals surface area (Å²) in [4.78, 5) is 4.03. The molecule has 2 N–H and O–H groups in total. The summed E-state index contributed by atoms with van der Waals surface area (Å²) in [5, 5.41) is 0. The van der Waals surface area contributed by atoms with E-state index in [1.807, 2.05) is 18.2 Å². The van der Waals surface area contributed by atoms with Crippen LogP contribution in [-0.2, 0) is 0 Å². The summed E-state index contributed by atoms with van der Waals surface area (Å²) in [6, 6.07) is 1.93. The van der Waals surface area contributed by atoms with Crippen molar-refractivity contribution >= 4 is 6.08 Å². The van der Waals surface area contributed by atoms with Gasteiger partial charge in [-0.1, -0.05) is 12.2 Å². The minimum absolute atomic E-state index is 0.675. The Hall–Kier alpha value is -1.35. The predicted octanol–water partition coefficient (Wildman–Crippen LogP) is 1.45. The second kappa shape index (κ2) is 5.32. The van der Waals surface area contributed by atoms with Gasteiger partial charge >= 0.3 is 0 Å². The fraction of sp³-hybridized carbons (Fsp3) is 0.300. The highest BCUT2D eigenvalue weighted by molar-refractivity contribution is 5.49. The van der Waals surface area contributed by atoms with Crippen LogP contribution in [0.4, 0.5) is 0 Å². The number of hydrogen-bond acceptors (Lipinski definition) is 3. The van der Waals surface area contributed by atoms with Crippen LogP contribution in [-0.4, -0.2) is 18.6 Å². The first-order valence-electron chi connectivity index (χ1n) is 4.22. The normalized spacial score (nSPS) is 10.6. The maximum Gasteiger partial charge on any atom is 0.137 e. The van der Waals surface area contributed by atoms with Gasteiger partial charge in [0.1, 0.15) is 5.75 Å². The molecule has 3 nitrogen and oxygen atoms in total. The van der Waals surface area contributed by atoms with Gasteiger partial charge in [-0.15, -0.1) is 0 Å². The number of nitrogens with two attached hydrogens (primary N) is 1. The van der Waals surface area contributed by atoms with E-state index < -0.39 is 0 Å². The Bertz CT molecular complexity index is 284. The molecule has 0 amide bonds. The van der Waals surface area contributed by atoms with Crippen LogP contribution in [0.1, 0.15) is 12.0 Å². The summed E-state index contributed by atoms with van der Waals surface area (Å²) < 4.78 is 5.04. The molecule has 0 radical (unpaired) electrons. The van der Waals surface area contributed by atoms with Gasteiger partial charge in [0.25, 0.3) is 0 Å². The first-order chi connectivity index (χ1) is 6.36. The molecule has 0 aromatic carbocycles. The van der Waals surface area contributed by atoms with E-state index in [-0.39, 0.29) is 0 Å². The van der Waals surface area contributed by atoms with Crippen LogP contribution >= 0.6 is 0 Å². The van der Waals surface area contributed by atoms with Crippen molar-refractivity contribution in [1.29, 1.82) is 0 Å². The summed E-state index contributed by atoms with van der Waals surface area (Å²) in [7, 11) is 1.63. The van der Waals surface area contributed by atoms with Gasteiger partial charge in [0.05, 0.1) is 13.3 Å². The fourth-order valence-corrected chi connectivity index (χ4v) is 0.954. The second-order valence-electron chi connectivity index (χ2n) is 2.64. The summed E-state index contributed by atoms with van der Waals surface area (Å²) >= 11 is 0. The SMILES string of the molecule is COc1cncc(C=CCCN)c1. The first kappa shape index (κ1) is 9.74. The maximum absolute atomic E-state index is 5.36. The highest BCUT2D eigenvalue weighted by Gasteiger charge is 1.91. The lowest BCUT2D eigenvalue weighted by molar-refractivity contribution is 0.413. The summed E-state index contributed by atoms with van der Waals surface area (Å²) in [6.45, 7) is 0.675. The molecule has 0 aliphatic heterocycles. The number of aromatic nitrogens is 1. The number of ether oxygens (including phenoxy) is 1. The van der Waals surface area contributed by atoms with E-state index in [9.17, 15) is 0 Å². The van der Waals surface area contributed by atoms with Crippen molar-refractivity contribution in [1.82, 2.24) is 4.98 Å². The van der Waals surface area contributed by atoms with E-state index in [1.165, 1.54) is 0 Å². The van der Waals surface area contributed by atoms with Gasteiger partial charge in [-0.3, -0.25) is 4.98 Å². The van der Waals surface area contributed by atoms with E-state index >= 15 is 0 Å². The molecule has 0 aliphatic carbocycles. The van der Waals surface area contributed by atoms with Gasteiger partial charge < -0.3 is 10.5 Å². The zero-order chi connectivity index (χ0) is 9.52. The molecular weight excluding hydrogens is 164 g/mol. The Balaban J connectivity index is 2.66. The monoisotopic (exact) mass is 178 g/mol. The van der Waals surface area contributed by atoms with Crippen LogP contribution in [0.5, 0.6) is 5.75 Å². The number of methoxy groups -OCH3 is 1. The number of pyridine rings is 1. The van der Waals surface area contributed by atoms with Crippen LogP contribution in [0.3, 0.4) is 0 Å². The molecular formula is C10H14N2O. The van der Waals surface area contributed by atoms with Gasteiger partial charge in [-0.25, -0.2) is 0 Å². The van der Waals surface area contributed by atoms with Crippen LogP contribution in [0.25, 0.3) is 6.08 Å². The van der Waals surface area contributed by atoms with E-state index in [0.29, 0.717) is 6.54 Å². The minimum atomic E-state index is 0.675. The van der Waals surface area contributed by atoms with Crippen molar-refractivity contribution in [3.63, 3.8) is 0 Å². The quantitative estimate of drug-likeness (QED) is 0.759. The Morgan fingerprint density at radius 2 is 2.38 bits per heavy atom. The number of hydrogen-bond donors (Lipinski definition) is 1. The van der Waals surface area contributed by atoms with Crippen molar-refractivity contribution in [2.45, 2.75) is 6.42 Å². The molecule has 0 fully saturated rings. The van der Waals surface area contributed by atoms with Crippen molar-refractivity contribution in [2.75, 3.05) is 13.7 Å². The molecule has 0 unspecified atom stereocenters. The smallest absolute Gasteiger partial charge is 0.137 e. The molecule has 3 heteroatoms. The average Bonchev–Trinajstić information content (AvgIpc) is 2.19. The third-order valence-electron chi connectivity index (χ3n) is 1.61. The molecule has 0 atom stereocenters. The van der Waals surface area contributed by atoms with Crippen LogP contribution in [0.15, 0.2) is 24.5 Å². The maximum atomic E-state index is 5.36. The molecule has 0 bridgehead atoms. The minimum Gasteiger partial charge on any atom is -0.495 e. The number of rotatable bonds is 4. The van der Waals surface area contributed by atoms with Crippen molar-refractivity contribution in [2.24, 2.45) is 5.73 Å². The molecule has 0 saturated heterocycles. The summed E-state index contributed by atoms with van der Waals surface area (Å²) in [6.07, 6.45) is 8.37. The van der Waals surface area contributed by atoms with Gasteiger partial charge in [0.15, 0.2) is 0 Å². The van der Waals surface area contributed by atoms with Gasteiger partial charge in [0, 0.05) is 6.20 Å². The predicted molar refractivity (Wildman–Crippen MR) is 53.5 cm³/mol. The third-order valence-corrected chi connectivity index (χ3v) is 1.61. The third kappa shape index (κ3) is 3.25. The fourth-order valence-electron chi connectivity index (χ4n) is 0.954. The second-order valence-corrected chi connectivity index (χ2v) is 2.64. The van der Waals surface area contributed by atoms with Gasteiger partial charge in [0.2, 0.25) is 0 Å². The first-order valence-corrected chi connectivity index (χ1v) is 4.22. The lowest BCUT2D eigenvalue weighted by Gasteiger charge is -1.98. The van der Waals surface area contributed by atoms with Gasteiger partial charge in [-0.05, 0) is 24.6 Å². The Morgan fingerprint density at radius 1 is 1.54 bits per heavy atom. The Morgan fingerprint density at radius 3 is 3.08 bits per heavy atom. The molecule has 1 heterocycles. The van der Waals surface area contributed by atoms with E-state index in [4.69, 9.17) is 10.5 Å². The number of nitrogens with zero attached hydrogens (tertiary/aromatic N) is 1.